The number of carbonyl (C=O) groups excluding carboxylic acids is 1. The Morgan fingerprint density at radius 1 is 1.00 bits per heavy atom. The van der Waals surface area contributed by atoms with E-state index in [0.717, 1.165) is 70.5 Å². The summed E-state index contributed by atoms with van der Waals surface area (Å²) >= 11 is 0. The van der Waals surface area contributed by atoms with E-state index < -0.39 is 0 Å². The topological polar surface area (TPSA) is 63.2 Å². The number of hydrogen-bond donors (Lipinski definition) is 2. The average Bonchev–Trinajstić information content (AvgIpc) is 3.62. The summed E-state index contributed by atoms with van der Waals surface area (Å²) in [4.78, 5) is 24.1. The Labute approximate surface area is 216 Å². The first-order chi connectivity index (χ1) is 15.6. The van der Waals surface area contributed by atoms with E-state index in [1.54, 1.807) is 0 Å². The molecule has 4 rings (SSSR count). The van der Waals surface area contributed by atoms with Gasteiger partial charge < -0.3 is 20.4 Å². The quantitative estimate of drug-likeness (QED) is 0.301. The molecule has 7 nitrogen and oxygen atoms in total. The van der Waals surface area contributed by atoms with Crippen LogP contribution in [-0.4, -0.2) is 80.1 Å². The summed E-state index contributed by atoms with van der Waals surface area (Å²) in [6, 6.07) is 9.38. The lowest BCUT2D eigenvalue weighted by Gasteiger charge is -2.36. The van der Waals surface area contributed by atoms with Crippen LogP contribution in [0.1, 0.15) is 45.1 Å². The lowest BCUT2D eigenvalue weighted by molar-refractivity contribution is -0.122. The maximum Gasteiger partial charge on any atom is 0.234 e. The highest BCUT2D eigenvalue weighted by molar-refractivity contribution is 14.0. The van der Waals surface area contributed by atoms with Crippen LogP contribution < -0.4 is 15.5 Å². The number of aliphatic imine (C=N–C) groups is 1. The molecule has 2 N–H and O–H groups in total. The molecule has 1 aliphatic carbocycles. The molecule has 3 aliphatic rings. The smallest absolute Gasteiger partial charge is 0.234 e. The molecule has 1 aromatic rings. The summed E-state index contributed by atoms with van der Waals surface area (Å²) in [6.07, 6.45) is 4.86. The van der Waals surface area contributed by atoms with Gasteiger partial charge in [-0.15, -0.1) is 24.0 Å². The maximum atomic E-state index is 12.1. The second-order valence-electron chi connectivity index (χ2n) is 9.61. The van der Waals surface area contributed by atoms with Gasteiger partial charge in [-0.2, -0.15) is 0 Å². The summed E-state index contributed by atoms with van der Waals surface area (Å²) in [5.41, 5.74) is 2.57. The zero-order valence-corrected chi connectivity index (χ0v) is 22.6. The van der Waals surface area contributed by atoms with Gasteiger partial charge >= 0.3 is 0 Å². The van der Waals surface area contributed by atoms with Gasteiger partial charge in [-0.3, -0.25) is 9.69 Å². The number of benzene rings is 1. The lowest BCUT2D eigenvalue weighted by Crippen LogP contribution is -2.54. The number of piperidine rings is 1. The fraction of sp³-hybridized carbons (Fsp3) is 0.680. The fourth-order valence-electron chi connectivity index (χ4n) is 4.49. The summed E-state index contributed by atoms with van der Waals surface area (Å²) in [5, 5.41) is 6.54. The summed E-state index contributed by atoms with van der Waals surface area (Å²) in [7, 11) is 0. The Morgan fingerprint density at radius 2 is 1.67 bits per heavy atom. The molecule has 184 valence electrons. The van der Waals surface area contributed by atoms with Gasteiger partial charge in [0.05, 0.1) is 13.1 Å². The zero-order valence-electron chi connectivity index (χ0n) is 20.3. The minimum absolute atomic E-state index is 0. The van der Waals surface area contributed by atoms with Gasteiger partial charge in [0, 0.05) is 57.5 Å². The molecule has 2 aliphatic heterocycles. The van der Waals surface area contributed by atoms with Crippen molar-refractivity contribution in [3.8, 4) is 0 Å². The van der Waals surface area contributed by atoms with Gasteiger partial charge in [-0.1, -0.05) is 19.1 Å². The third-order valence-electron chi connectivity index (χ3n) is 6.81. The molecule has 2 saturated heterocycles. The van der Waals surface area contributed by atoms with E-state index in [4.69, 9.17) is 4.99 Å². The number of nitrogens with zero attached hydrogens (tertiary/aromatic N) is 4. The van der Waals surface area contributed by atoms with Crippen molar-refractivity contribution >= 4 is 41.5 Å². The predicted octanol–water partition coefficient (Wildman–Crippen LogP) is 2.90. The number of nitrogens with one attached hydrogen (secondary N) is 2. The highest BCUT2D eigenvalue weighted by atomic mass is 127. The van der Waals surface area contributed by atoms with Gasteiger partial charge in [-0.25, -0.2) is 4.99 Å². The molecule has 33 heavy (non-hydrogen) atoms. The normalized spacial score (nSPS) is 20.4. The molecule has 0 spiro atoms. The first kappa shape index (κ1) is 26.1. The van der Waals surface area contributed by atoms with Gasteiger partial charge in [0.15, 0.2) is 5.96 Å². The van der Waals surface area contributed by atoms with Crippen molar-refractivity contribution in [2.45, 2.75) is 52.1 Å². The number of hydrogen-bond acceptors (Lipinski definition) is 4. The number of carbonyl (C=O) groups is 1. The van der Waals surface area contributed by atoms with Crippen molar-refractivity contribution in [1.82, 2.24) is 20.4 Å². The second kappa shape index (κ2) is 12.8. The van der Waals surface area contributed by atoms with E-state index in [1.165, 1.54) is 24.1 Å². The van der Waals surface area contributed by atoms with E-state index in [2.05, 4.69) is 63.4 Å². The van der Waals surface area contributed by atoms with E-state index in [0.29, 0.717) is 19.1 Å². The Bertz CT molecular complexity index is 766. The van der Waals surface area contributed by atoms with Gasteiger partial charge in [0.1, 0.15) is 0 Å². The lowest BCUT2D eigenvalue weighted by atomic mass is 9.99. The van der Waals surface area contributed by atoms with Crippen LogP contribution in [0.3, 0.4) is 0 Å². The summed E-state index contributed by atoms with van der Waals surface area (Å²) in [5.74, 6) is 2.00. The number of guanidine groups is 1. The fourth-order valence-corrected chi connectivity index (χ4v) is 4.49. The van der Waals surface area contributed by atoms with Crippen molar-refractivity contribution in [3.05, 3.63) is 29.8 Å². The summed E-state index contributed by atoms with van der Waals surface area (Å²) < 4.78 is 0. The molecule has 8 heteroatoms. The molecular formula is C25H41IN6O. The Hall–Kier alpha value is -1.55. The van der Waals surface area contributed by atoms with Crippen LogP contribution in [0.4, 0.5) is 5.69 Å². The zero-order chi connectivity index (χ0) is 22.3. The van der Waals surface area contributed by atoms with Crippen molar-refractivity contribution in [3.63, 3.8) is 0 Å². The SMILES string of the molecule is CCNC(=NCc1ccc(N2CCC(C)CC2)cc1)N1CCN(CC(=O)NC2CC2)CC1.I. The van der Waals surface area contributed by atoms with Crippen LogP contribution >= 0.6 is 24.0 Å². The minimum atomic E-state index is 0. The molecular weight excluding hydrogens is 527 g/mol. The Morgan fingerprint density at radius 3 is 2.27 bits per heavy atom. The Balaban J connectivity index is 0.00000306. The average molecular weight is 569 g/mol. The highest BCUT2D eigenvalue weighted by Gasteiger charge is 2.26. The number of halogens is 1. The van der Waals surface area contributed by atoms with E-state index in [-0.39, 0.29) is 29.9 Å². The molecule has 0 radical (unpaired) electrons. The monoisotopic (exact) mass is 568 g/mol. The first-order valence-corrected chi connectivity index (χ1v) is 12.5. The van der Waals surface area contributed by atoms with Crippen LogP contribution in [-0.2, 0) is 11.3 Å². The second-order valence-corrected chi connectivity index (χ2v) is 9.61. The third-order valence-corrected chi connectivity index (χ3v) is 6.81. The van der Waals surface area contributed by atoms with Gasteiger partial charge in [-0.05, 0) is 56.2 Å². The van der Waals surface area contributed by atoms with E-state index in [1.807, 2.05) is 0 Å². The molecule has 0 unspecified atom stereocenters. The van der Waals surface area contributed by atoms with Crippen LogP contribution in [0.5, 0.6) is 0 Å². The molecule has 2 heterocycles. The molecule has 0 atom stereocenters. The van der Waals surface area contributed by atoms with Crippen molar-refractivity contribution < 1.29 is 4.79 Å². The van der Waals surface area contributed by atoms with Crippen LogP contribution in [0, 0.1) is 5.92 Å². The highest BCUT2D eigenvalue weighted by Crippen LogP contribution is 2.23. The van der Waals surface area contributed by atoms with Crippen LogP contribution in [0.2, 0.25) is 0 Å². The van der Waals surface area contributed by atoms with Crippen molar-refractivity contribution in [2.24, 2.45) is 10.9 Å². The molecule has 0 aromatic heterocycles. The molecule has 1 amide bonds. The van der Waals surface area contributed by atoms with Gasteiger partial charge in [0.2, 0.25) is 5.91 Å². The molecule has 1 aromatic carbocycles. The predicted molar refractivity (Wildman–Crippen MR) is 146 cm³/mol. The van der Waals surface area contributed by atoms with Gasteiger partial charge in [0.25, 0.3) is 0 Å². The largest absolute Gasteiger partial charge is 0.372 e. The third kappa shape index (κ3) is 8.02. The van der Waals surface area contributed by atoms with E-state index >= 15 is 0 Å². The number of amides is 1. The molecule has 3 fully saturated rings. The number of piperazine rings is 1. The van der Waals surface area contributed by atoms with Crippen molar-refractivity contribution in [1.29, 1.82) is 0 Å². The standard InChI is InChI=1S/C25H40N6O.HI/c1-3-26-25(31-16-14-29(15-17-31)19-24(32)28-22-6-7-22)27-18-21-4-8-23(9-5-21)30-12-10-20(2)11-13-30;/h4-5,8-9,20,22H,3,6-7,10-19H2,1-2H3,(H,26,27)(H,28,32);1H. The summed E-state index contributed by atoms with van der Waals surface area (Å²) in [6.45, 7) is 12.4. The first-order valence-electron chi connectivity index (χ1n) is 12.5. The van der Waals surface area contributed by atoms with Crippen LogP contribution in [0.15, 0.2) is 29.3 Å². The maximum absolute atomic E-state index is 12.1. The molecule has 0 bridgehead atoms. The number of rotatable bonds is 7. The minimum Gasteiger partial charge on any atom is -0.372 e. The van der Waals surface area contributed by atoms with Crippen molar-refractivity contribution in [2.75, 3.05) is 57.3 Å². The Kier molecular flexibility index (Phi) is 10.1. The van der Waals surface area contributed by atoms with Crippen LogP contribution in [0.25, 0.3) is 0 Å². The number of anilines is 1. The molecule has 1 saturated carbocycles. The van der Waals surface area contributed by atoms with E-state index in [9.17, 15) is 4.79 Å².